The number of nitrogens with two attached hydrogens (primary N) is 1. The van der Waals surface area contributed by atoms with Crippen molar-refractivity contribution in [3.63, 3.8) is 0 Å². The molecule has 0 unspecified atom stereocenters. The molecule has 3 aromatic rings. The first-order valence-electron chi connectivity index (χ1n) is 9.05. The van der Waals surface area contributed by atoms with E-state index in [1.807, 2.05) is 32.0 Å². The summed E-state index contributed by atoms with van der Waals surface area (Å²) in [6, 6.07) is 8.44. The largest absolute Gasteiger partial charge is 0.477 e. The van der Waals surface area contributed by atoms with E-state index in [9.17, 15) is 19.1 Å². The van der Waals surface area contributed by atoms with E-state index in [0.29, 0.717) is 17.7 Å². The summed E-state index contributed by atoms with van der Waals surface area (Å²) < 4.78 is 16.4. The molecule has 0 radical (unpaired) electrons. The van der Waals surface area contributed by atoms with Crippen LogP contribution < -0.4 is 16.5 Å². The predicted octanol–water partition coefficient (Wildman–Crippen LogP) is 4.27. The fourth-order valence-corrected chi connectivity index (χ4v) is 3.22. The molecule has 0 saturated heterocycles. The van der Waals surface area contributed by atoms with Crippen molar-refractivity contribution in [2.24, 2.45) is 0 Å². The third-order valence-electron chi connectivity index (χ3n) is 4.62. The van der Waals surface area contributed by atoms with Gasteiger partial charge in [0.05, 0.1) is 16.6 Å². The van der Waals surface area contributed by atoms with Crippen molar-refractivity contribution >= 4 is 33.9 Å². The van der Waals surface area contributed by atoms with Gasteiger partial charge in [0.25, 0.3) is 0 Å². The summed E-state index contributed by atoms with van der Waals surface area (Å²) in [5, 5.41) is 12.3. The molecule has 7 heteroatoms. The minimum atomic E-state index is -1.35. The average molecular weight is 383 g/mol. The first-order chi connectivity index (χ1) is 13.3. The molecule has 146 valence electrons. The predicted molar refractivity (Wildman–Crippen MR) is 109 cm³/mol. The first-order valence-corrected chi connectivity index (χ1v) is 9.05. The van der Waals surface area contributed by atoms with Crippen LogP contribution in [0.1, 0.15) is 35.7 Å². The Morgan fingerprint density at radius 2 is 2.07 bits per heavy atom. The quantitative estimate of drug-likeness (QED) is 0.552. The number of hydrogen-bond acceptors (Lipinski definition) is 4. The van der Waals surface area contributed by atoms with Crippen LogP contribution in [0.4, 0.5) is 21.5 Å². The van der Waals surface area contributed by atoms with Gasteiger partial charge in [0, 0.05) is 18.4 Å². The molecule has 0 fully saturated rings. The Morgan fingerprint density at radius 3 is 2.71 bits per heavy atom. The van der Waals surface area contributed by atoms with Gasteiger partial charge in [0.2, 0.25) is 5.43 Å². The number of carboxylic acid groups (broad SMARTS) is 1. The average Bonchev–Trinajstić information content (AvgIpc) is 2.64. The van der Waals surface area contributed by atoms with Gasteiger partial charge in [-0.1, -0.05) is 25.5 Å². The fraction of sp³-hybridized carbons (Fsp3) is 0.238. The fourth-order valence-electron chi connectivity index (χ4n) is 3.22. The molecule has 0 aliphatic rings. The van der Waals surface area contributed by atoms with Gasteiger partial charge in [-0.2, -0.15) is 0 Å². The summed E-state index contributed by atoms with van der Waals surface area (Å²) in [5.41, 5.74) is 7.24. The number of unbranched alkanes of at least 4 members (excludes halogenated alkanes) is 1. The minimum Gasteiger partial charge on any atom is -0.477 e. The second kappa shape index (κ2) is 7.72. The molecule has 28 heavy (non-hydrogen) atoms. The van der Waals surface area contributed by atoms with Gasteiger partial charge >= 0.3 is 5.97 Å². The maximum Gasteiger partial charge on any atom is 0.341 e. The lowest BCUT2D eigenvalue weighted by Gasteiger charge is -2.18. The molecular formula is C21H22FN3O3. The molecule has 0 amide bonds. The SMILES string of the molecule is CCCCn1cc(C(=O)O)c(=O)c2cc(F)c(Nc3cccc(C)c3)c(N)c21. The zero-order valence-corrected chi connectivity index (χ0v) is 15.8. The zero-order valence-electron chi connectivity index (χ0n) is 15.8. The second-order valence-corrected chi connectivity index (χ2v) is 6.76. The number of rotatable bonds is 6. The molecule has 2 aromatic carbocycles. The van der Waals surface area contributed by atoms with E-state index in [4.69, 9.17) is 5.73 Å². The van der Waals surface area contributed by atoms with Crippen LogP contribution in [0.5, 0.6) is 0 Å². The van der Waals surface area contributed by atoms with Crippen molar-refractivity contribution in [2.75, 3.05) is 11.1 Å². The van der Waals surface area contributed by atoms with Crippen molar-refractivity contribution in [2.45, 2.75) is 33.2 Å². The maximum atomic E-state index is 14.8. The van der Waals surface area contributed by atoms with Crippen molar-refractivity contribution in [3.05, 3.63) is 63.7 Å². The Balaban J connectivity index is 2.27. The number of nitrogens with one attached hydrogen (secondary N) is 1. The number of hydrogen-bond donors (Lipinski definition) is 3. The Morgan fingerprint density at radius 1 is 1.32 bits per heavy atom. The van der Waals surface area contributed by atoms with Gasteiger partial charge in [-0.3, -0.25) is 4.79 Å². The number of nitrogens with zero attached hydrogens (tertiary/aromatic N) is 1. The van der Waals surface area contributed by atoms with E-state index >= 15 is 0 Å². The standard InChI is InChI=1S/C21H22FN3O3/c1-3-4-8-25-11-15(21(27)28)20(26)14-10-16(22)18(17(23)19(14)25)24-13-7-5-6-12(2)9-13/h5-7,9-11,24H,3-4,8,23H2,1-2H3,(H,27,28). The Kier molecular flexibility index (Phi) is 5.35. The summed E-state index contributed by atoms with van der Waals surface area (Å²) in [6.45, 7) is 4.38. The number of anilines is 3. The summed E-state index contributed by atoms with van der Waals surface area (Å²) in [6.07, 6.45) is 2.91. The molecule has 0 saturated carbocycles. The molecule has 0 aliphatic heterocycles. The molecule has 0 bridgehead atoms. The van der Waals surface area contributed by atoms with Gasteiger partial charge in [-0.05, 0) is 37.1 Å². The molecule has 0 spiro atoms. The van der Waals surface area contributed by atoms with Crippen LogP contribution in [0.2, 0.25) is 0 Å². The Hall–Kier alpha value is -3.35. The van der Waals surface area contributed by atoms with Crippen LogP contribution in [0.3, 0.4) is 0 Å². The number of nitrogen functional groups attached to an aromatic ring is 1. The van der Waals surface area contributed by atoms with Gasteiger partial charge in [-0.15, -0.1) is 0 Å². The number of pyridine rings is 1. The van der Waals surface area contributed by atoms with E-state index in [1.165, 1.54) is 6.20 Å². The van der Waals surface area contributed by atoms with E-state index in [0.717, 1.165) is 24.5 Å². The lowest BCUT2D eigenvalue weighted by atomic mass is 10.1. The van der Waals surface area contributed by atoms with E-state index in [-0.39, 0.29) is 16.8 Å². The first kappa shape index (κ1) is 19.4. The summed E-state index contributed by atoms with van der Waals surface area (Å²) in [5.74, 6) is -2.06. The lowest BCUT2D eigenvalue weighted by molar-refractivity contribution is 0.0695. The van der Waals surface area contributed by atoms with Gasteiger partial charge in [-0.25, -0.2) is 9.18 Å². The van der Waals surface area contributed by atoms with Crippen molar-refractivity contribution in [1.82, 2.24) is 4.57 Å². The lowest BCUT2D eigenvalue weighted by Crippen LogP contribution is -2.20. The maximum absolute atomic E-state index is 14.8. The van der Waals surface area contributed by atoms with Crippen LogP contribution >= 0.6 is 0 Å². The molecule has 1 heterocycles. The molecule has 0 atom stereocenters. The van der Waals surface area contributed by atoms with Crippen LogP contribution in [0.15, 0.2) is 41.3 Å². The third kappa shape index (κ3) is 3.55. The van der Waals surface area contributed by atoms with Crippen molar-refractivity contribution < 1.29 is 14.3 Å². The topological polar surface area (TPSA) is 97.3 Å². The highest BCUT2D eigenvalue weighted by Crippen LogP contribution is 2.33. The number of halogens is 1. The molecule has 3 rings (SSSR count). The van der Waals surface area contributed by atoms with Crippen molar-refractivity contribution in [1.29, 1.82) is 0 Å². The van der Waals surface area contributed by atoms with Crippen LogP contribution in [0.25, 0.3) is 10.9 Å². The summed E-state index contributed by atoms with van der Waals surface area (Å²) in [4.78, 5) is 24.0. The molecule has 1 aromatic heterocycles. The van der Waals surface area contributed by atoms with Crippen LogP contribution in [0, 0.1) is 12.7 Å². The highest BCUT2D eigenvalue weighted by molar-refractivity contribution is 6.00. The molecule has 6 nitrogen and oxygen atoms in total. The third-order valence-corrected chi connectivity index (χ3v) is 4.62. The van der Waals surface area contributed by atoms with E-state index < -0.39 is 22.8 Å². The highest BCUT2D eigenvalue weighted by Gasteiger charge is 2.20. The number of aromatic nitrogens is 1. The Bertz CT molecular complexity index is 1120. The summed E-state index contributed by atoms with van der Waals surface area (Å²) in [7, 11) is 0. The molecule has 0 aliphatic carbocycles. The molecular weight excluding hydrogens is 361 g/mol. The highest BCUT2D eigenvalue weighted by atomic mass is 19.1. The minimum absolute atomic E-state index is 0.0409. The summed E-state index contributed by atoms with van der Waals surface area (Å²) >= 11 is 0. The number of fused-ring (bicyclic) bond motifs is 1. The van der Waals surface area contributed by atoms with E-state index in [1.54, 1.807) is 10.6 Å². The second-order valence-electron chi connectivity index (χ2n) is 6.76. The zero-order chi connectivity index (χ0) is 20.4. The number of carboxylic acids is 1. The van der Waals surface area contributed by atoms with Crippen LogP contribution in [-0.4, -0.2) is 15.6 Å². The van der Waals surface area contributed by atoms with Crippen LogP contribution in [-0.2, 0) is 6.54 Å². The monoisotopic (exact) mass is 383 g/mol. The number of aryl methyl sites for hydroxylation is 2. The van der Waals surface area contributed by atoms with Gasteiger partial charge in [0.1, 0.15) is 17.1 Å². The van der Waals surface area contributed by atoms with Crippen molar-refractivity contribution in [3.8, 4) is 0 Å². The smallest absolute Gasteiger partial charge is 0.341 e. The number of aromatic carboxylic acids is 1. The van der Waals surface area contributed by atoms with Gasteiger partial charge in [0.15, 0.2) is 0 Å². The molecule has 4 N–H and O–H groups in total. The normalized spacial score (nSPS) is 11.0. The Labute approximate surface area is 161 Å². The van der Waals surface area contributed by atoms with Gasteiger partial charge < -0.3 is 20.7 Å². The van der Waals surface area contributed by atoms with E-state index in [2.05, 4.69) is 5.32 Å². The number of carbonyl (C=O) groups is 1. The number of benzene rings is 2.